The second-order valence-corrected chi connectivity index (χ2v) is 13.4. The molecule has 0 spiro atoms. The van der Waals surface area contributed by atoms with Crippen LogP contribution in [0.3, 0.4) is 0 Å². The molecule has 8 nitrogen and oxygen atoms in total. The third-order valence-electron chi connectivity index (χ3n) is 8.07. The van der Waals surface area contributed by atoms with Crippen molar-refractivity contribution >= 4 is 21.9 Å². The molecule has 3 aromatic carbocycles. The molecule has 2 aliphatic rings. The first-order chi connectivity index (χ1) is 22.1. The molecule has 1 aliphatic heterocycles. The largest absolute Gasteiger partial charge is 0.493 e. The SMILES string of the molecule is CS(=O)(=O)N(OC(=O)C(F)(F)F)C(=O)c1cc(C2CC2)c(OCC2CCN(C(c3ccc(F)cc3)c3ccc(F)cc3)CC2)cc1F. The van der Waals surface area contributed by atoms with E-state index in [0.717, 1.165) is 23.3 Å². The van der Waals surface area contributed by atoms with Gasteiger partial charge >= 0.3 is 18.1 Å². The minimum absolute atomic E-state index is 0.0345. The lowest BCUT2D eigenvalue weighted by molar-refractivity contribution is -0.216. The van der Waals surface area contributed by atoms with Crippen LogP contribution in [0.25, 0.3) is 0 Å². The molecule has 1 heterocycles. The van der Waals surface area contributed by atoms with Gasteiger partial charge in [-0.15, -0.1) is 0 Å². The molecule has 1 amide bonds. The van der Waals surface area contributed by atoms with Gasteiger partial charge in [-0.25, -0.2) is 26.4 Å². The van der Waals surface area contributed by atoms with E-state index in [1.807, 2.05) is 0 Å². The van der Waals surface area contributed by atoms with Gasteiger partial charge in [-0.1, -0.05) is 28.7 Å². The van der Waals surface area contributed by atoms with E-state index >= 15 is 4.39 Å². The van der Waals surface area contributed by atoms with Crippen molar-refractivity contribution in [2.45, 2.75) is 43.8 Å². The van der Waals surface area contributed by atoms with Crippen molar-refractivity contribution in [3.05, 3.63) is 100 Å². The Balaban J connectivity index is 1.29. The molecule has 5 rings (SSSR count). The molecule has 1 aliphatic carbocycles. The number of hydrogen-bond acceptors (Lipinski definition) is 7. The van der Waals surface area contributed by atoms with Crippen LogP contribution in [-0.2, 0) is 19.7 Å². The van der Waals surface area contributed by atoms with E-state index in [4.69, 9.17) is 4.74 Å². The normalized spacial score (nSPS) is 16.3. The summed E-state index contributed by atoms with van der Waals surface area (Å²) in [5.41, 5.74) is 1.15. The van der Waals surface area contributed by atoms with Crippen LogP contribution in [0, 0.1) is 23.4 Å². The average Bonchev–Trinajstić information content (AvgIpc) is 3.85. The van der Waals surface area contributed by atoms with Crippen LogP contribution in [0.15, 0.2) is 60.7 Å². The number of piperidine rings is 1. The van der Waals surface area contributed by atoms with Crippen molar-refractivity contribution < 1.29 is 53.9 Å². The minimum Gasteiger partial charge on any atom is -0.493 e. The van der Waals surface area contributed by atoms with E-state index in [1.165, 1.54) is 24.3 Å². The van der Waals surface area contributed by atoms with E-state index in [2.05, 4.69) is 9.74 Å². The Morgan fingerprint density at radius 2 is 1.43 bits per heavy atom. The van der Waals surface area contributed by atoms with Crippen LogP contribution >= 0.6 is 0 Å². The Morgan fingerprint density at radius 1 is 0.894 bits per heavy atom. The number of amides is 1. The maximum absolute atomic E-state index is 15.2. The summed E-state index contributed by atoms with van der Waals surface area (Å²) in [6.07, 6.45) is -2.63. The number of hydrogen-bond donors (Lipinski definition) is 0. The van der Waals surface area contributed by atoms with Crippen molar-refractivity contribution in [2.75, 3.05) is 26.0 Å². The highest BCUT2D eigenvalue weighted by Crippen LogP contribution is 2.45. The zero-order chi connectivity index (χ0) is 34.1. The quantitative estimate of drug-likeness (QED) is 0.194. The van der Waals surface area contributed by atoms with Crippen molar-refractivity contribution in [2.24, 2.45) is 5.92 Å². The Bertz CT molecular complexity index is 1680. The predicted molar refractivity (Wildman–Crippen MR) is 156 cm³/mol. The minimum atomic E-state index is -5.61. The van der Waals surface area contributed by atoms with E-state index in [-0.39, 0.29) is 41.9 Å². The van der Waals surface area contributed by atoms with Crippen LogP contribution < -0.4 is 4.74 Å². The molecule has 0 unspecified atom stereocenters. The molecule has 15 heteroatoms. The maximum atomic E-state index is 15.2. The Morgan fingerprint density at radius 3 is 1.89 bits per heavy atom. The maximum Gasteiger partial charge on any atom is 0.493 e. The van der Waals surface area contributed by atoms with Gasteiger partial charge in [-0.05, 0) is 97.6 Å². The number of alkyl halides is 3. The fourth-order valence-corrected chi connectivity index (χ4v) is 6.15. The first-order valence-electron chi connectivity index (χ1n) is 14.7. The van der Waals surface area contributed by atoms with Gasteiger partial charge in [0.2, 0.25) is 0 Å². The van der Waals surface area contributed by atoms with Crippen molar-refractivity contribution in [3.8, 4) is 5.75 Å². The number of nitrogens with zero attached hydrogens (tertiary/aromatic N) is 2. The van der Waals surface area contributed by atoms with Gasteiger partial charge in [0.25, 0.3) is 10.0 Å². The summed E-state index contributed by atoms with van der Waals surface area (Å²) in [4.78, 5) is 30.2. The van der Waals surface area contributed by atoms with E-state index < -0.39 is 43.9 Å². The fraction of sp³-hybridized carbons (Fsp3) is 0.375. The number of ether oxygens (including phenoxy) is 1. The van der Waals surface area contributed by atoms with Crippen LogP contribution in [0.4, 0.5) is 26.3 Å². The second-order valence-electron chi connectivity index (χ2n) is 11.6. The standard InChI is InChI=1S/C32H30F6N2O6S/c1-47(43,44)40(46-31(42)32(36,37)38)30(41)26-16-25(20-2-3-20)28(17-27(26)35)45-18-19-12-14-39(15-13-19)29(21-4-8-23(33)9-5-21)22-6-10-24(34)11-7-22/h4-11,16-17,19-20,29H,2-3,12-15,18H2,1H3. The fourth-order valence-electron chi connectivity index (χ4n) is 5.55. The van der Waals surface area contributed by atoms with Crippen LogP contribution in [0.5, 0.6) is 5.75 Å². The zero-order valence-electron chi connectivity index (χ0n) is 25.0. The molecule has 0 atom stereocenters. The highest BCUT2D eigenvalue weighted by Gasteiger charge is 2.46. The van der Waals surface area contributed by atoms with Crippen LogP contribution in [0.2, 0.25) is 0 Å². The Labute approximate surface area is 266 Å². The van der Waals surface area contributed by atoms with Gasteiger partial charge in [0.05, 0.1) is 24.5 Å². The Kier molecular flexibility index (Phi) is 9.87. The number of carbonyl (C=O) groups is 2. The lowest BCUT2D eigenvalue weighted by atomic mass is 9.91. The molecule has 1 saturated heterocycles. The van der Waals surface area contributed by atoms with Gasteiger partial charge < -0.3 is 9.57 Å². The summed E-state index contributed by atoms with van der Waals surface area (Å²) in [6, 6.07) is 13.9. The van der Waals surface area contributed by atoms with Crippen molar-refractivity contribution in [3.63, 3.8) is 0 Å². The number of sulfonamides is 1. The first kappa shape index (κ1) is 34.2. The third-order valence-corrected chi connectivity index (χ3v) is 8.91. The van der Waals surface area contributed by atoms with E-state index in [0.29, 0.717) is 50.6 Å². The lowest BCUT2D eigenvalue weighted by Crippen LogP contribution is -2.42. The second kappa shape index (κ2) is 13.6. The number of halogens is 6. The third kappa shape index (κ3) is 8.25. The number of likely N-dealkylation sites (tertiary alicyclic amines) is 1. The molecule has 252 valence electrons. The molecule has 0 bridgehead atoms. The summed E-state index contributed by atoms with van der Waals surface area (Å²) >= 11 is 0. The van der Waals surface area contributed by atoms with Gasteiger partial charge in [0.1, 0.15) is 23.2 Å². The molecule has 47 heavy (non-hydrogen) atoms. The lowest BCUT2D eigenvalue weighted by Gasteiger charge is -2.38. The summed E-state index contributed by atoms with van der Waals surface area (Å²) < 4.78 is 110. The molecule has 2 fully saturated rings. The number of benzene rings is 3. The smallest absolute Gasteiger partial charge is 0.493 e. The molecule has 0 aromatic heterocycles. The number of hydroxylamine groups is 1. The average molecular weight is 685 g/mol. The topological polar surface area (TPSA) is 93.2 Å². The zero-order valence-corrected chi connectivity index (χ0v) is 25.8. The Hall–Kier alpha value is -4.11. The highest BCUT2D eigenvalue weighted by atomic mass is 32.2. The van der Waals surface area contributed by atoms with E-state index in [9.17, 15) is 40.0 Å². The van der Waals surface area contributed by atoms with Crippen molar-refractivity contribution in [1.29, 1.82) is 0 Å². The van der Waals surface area contributed by atoms with E-state index in [1.54, 1.807) is 24.3 Å². The molecular formula is C32H30F6N2O6S. The first-order valence-corrected chi connectivity index (χ1v) is 16.5. The van der Waals surface area contributed by atoms with Crippen LogP contribution in [-0.4, -0.2) is 61.8 Å². The van der Waals surface area contributed by atoms with Gasteiger partial charge in [0.15, 0.2) is 0 Å². The highest BCUT2D eigenvalue weighted by molar-refractivity contribution is 7.88. The van der Waals surface area contributed by atoms with Gasteiger partial charge in [-0.2, -0.15) is 13.2 Å². The van der Waals surface area contributed by atoms with Crippen molar-refractivity contribution in [1.82, 2.24) is 9.37 Å². The number of carbonyl (C=O) groups excluding carboxylic acids is 2. The molecule has 0 N–H and O–H groups in total. The van der Waals surface area contributed by atoms with Gasteiger partial charge in [0, 0.05) is 6.07 Å². The molecule has 3 aromatic rings. The molecule has 0 radical (unpaired) electrons. The monoisotopic (exact) mass is 684 g/mol. The summed E-state index contributed by atoms with van der Waals surface area (Å²) in [7, 11) is -4.88. The van der Waals surface area contributed by atoms with Gasteiger partial charge in [-0.3, -0.25) is 9.69 Å². The van der Waals surface area contributed by atoms with Crippen LogP contribution in [0.1, 0.15) is 64.7 Å². The predicted octanol–water partition coefficient (Wildman–Crippen LogP) is 6.28. The molecular weight excluding hydrogens is 654 g/mol. The molecule has 1 saturated carbocycles. The summed E-state index contributed by atoms with van der Waals surface area (Å²) in [5.74, 6) is -6.81. The summed E-state index contributed by atoms with van der Waals surface area (Å²) in [6.45, 7) is 1.40. The number of rotatable bonds is 9. The summed E-state index contributed by atoms with van der Waals surface area (Å²) in [5, 5.41) is 0.